The summed E-state index contributed by atoms with van der Waals surface area (Å²) in [4.78, 5) is 14.2. The number of ether oxygens (including phenoxy) is 1. The van der Waals surface area contributed by atoms with E-state index in [1.165, 1.54) is 0 Å². The van der Waals surface area contributed by atoms with Gasteiger partial charge in [-0.3, -0.25) is 4.79 Å². The molecule has 0 N–H and O–H groups in total. The molecule has 0 heterocycles. The third-order valence-corrected chi connectivity index (χ3v) is 3.46. The predicted molar refractivity (Wildman–Crippen MR) is 89.1 cm³/mol. The Bertz CT molecular complexity index is 595. The third-order valence-electron chi connectivity index (χ3n) is 3.46. The number of benzene rings is 2. The maximum absolute atomic E-state index is 12.5. The van der Waals surface area contributed by atoms with Crippen molar-refractivity contribution in [2.45, 2.75) is 26.3 Å². The van der Waals surface area contributed by atoms with Crippen molar-refractivity contribution in [2.75, 3.05) is 13.7 Å². The zero-order valence-corrected chi connectivity index (χ0v) is 13.3. The van der Waals surface area contributed by atoms with E-state index in [-0.39, 0.29) is 5.91 Å². The molecule has 0 atom stereocenters. The van der Waals surface area contributed by atoms with E-state index in [0.29, 0.717) is 18.7 Å². The molecule has 0 aromatic heterocycles. The van der Waals surface area contributed by atoms with Crippen molar-refractivity contribution in [1.82, 2.24) is 4.90 Å². The van der Waals surface area contributed by atoms with Crippen LogP contribution in [-0.4, -0.2) is 24.5 Å². The molecule has 0 radical (unpaired) electrons. The topological polar surface area (TPSA) is 29.5 Å². The van der Waals surface area contributed by atoms with Gasteiger partial charge >= 0.3 is 0 Å². The highest BCUT2D eigenvalue weighted by Crippen LogP contribution is 2.16. The zero-order valence-electron chi connectivity index (χ0n) is 13.3. The largest absolute Gasteiger partial charge is 0.494 e. The first-order chi connectivity index (χ1) is 10.7. The van der Waals surface area contributed by atoms with Crippen molar-refractivity contribution < 1.29 is 9.53 Å². The zero-order chi connectivity index (χ0) is 15.8. The van der Waals surface area contributed by atoms with E-state index in [4.69, 9.17) is 4.74 Å². The Balaban J connectivity index is 2.00. The third kappa shape index (κ3) is 4.62. The van der Waals surface area contributed by atoms with Crippen LogP contribution in [0, 0.1) is 0 Å². The van der Waals surface area contributed by atoms with Crippen LogP contribution in [0.2, 0.25) is 0 Å². The molecule has 116 valence electrons. The molecule has 0 fully saturated rings. The quantitative estimate of drug-likeness (QED) is 0.719. The molecule has 3 heteroatoms. The lowest BCUT2D eigenvalue weighted by molar-refractivity contribution is 0.0784. The minimum Gasteiger partial charge on any atom is -0.494 e. The van der Waals surface area contributed by atoms with Gasteiger partial charge in [0.1, 0.15) is 5.75 Å². The molecule has 1 amide bonds. The predicted octanol–water partition coefficient (Wildman–Crippen LogP) is 4.14. The lowest BCUT2D eigenvalue weighted by Gasteiger charge is -2.18. The first-order valence-corrected chi connectivity index (χ1v) is 7.73. The number of unbranched alkanes of at least 4 members (excludes halogenated alkanes) is 1. The Hall–Kier alpha value is -2.29. The lowest BCUT2D eigenvalue weighted by atomic mass is 10.1. The minimum absolute atomic E-state index is 0.00444. The van der Waals surface area contributed by atoms with Gasteiger partial charge in [0.15, 0.2) is 0 Å². The molecule has 0 saturated carbocycles. The van der Waals surface area contributed by atoms with Crippen LogP contribution in [0.15, 0.2) is 54.6 Å². The molecule has 0 spiro atoms. The van der Waals surface area contributed by atoms with Gasteiger partial charge in [0.25, 0.3) is 5.91 Å². The van der Waals surface area contributed by atoms with Crippen LogP contribution < -0.4 is 4.74 Å². The van der Waals surface area contributed by atoms with Gasteiger partial charge in [0.2, 0.25) is 0 Å². The van der Waals surface area contributed by atoms with Crippen LogP contribution in [0.1, 0.15) is 35.7 Å². The van der Waals surface area contributed by atoms with Crippen LogP contribution in [0.25, 0.3) is 0 Å². The molecule has 0 aliphatic heterocycles. The van der Waals surface area contributed by atoms with Gasteiger partial charge in [0, 0.05) is 19.2 Å². The highest BCUT2D eigenvalue weighted by Gasteiger charge is 2.12. The van der Waals surface area contributed by atoms with E-state index >= 15 is 0 Å². The molecule has 2 aromatic carbocycles. The van der Waals surface area contributed by atoms with Crippen molar-refractivity contribution in [3.05, 3.63) is 65.7 Å². The fourth-order valence-electron chi connectivity index (χ4n) is 2.20. The Kier molecular flexibility index (Phi) is 6.01. The van der Waals surface area contributed by atoms with Gasteiger partial charge in [-0.05, 0) is 30.2 Å². The summed E-state index contributed by atoms with van der Waals surface area (Å²) in [6.45, 7) is 3.41. The van der Waals surface area contributed by atoms with Crippen molar-refractivity contribution in [3.8, 4) is 5.75 Å². The van der Waals surface area contributed by atoms with Crippen LogP contribution >= 0.6 is 0 Å². The first kappa shape index (κ1) is 16.1. The molecule has 22 heavy (non-hydrogen) atoms. The molecule has 0 aliphatic carbocycles. The summed E-state index contributed by atoms with van der Waals surface area (Å²) in [7, 11) is 1.82. The normalized spacial score (nSPS) is 10.3. The summed E-state index contributed by atoms with van der Waals surface area (Å²) >= 11 is 0. The highest BCUT2D eigenvalue weighted by molar-refractivity contribution is 5.94. The van der Waals surface area contributed by atoms with Crippen molar-refractivity contribution in [2.24, 2.45) is 0 Å². The second kappa shape index (κ2) is 8.23. The van der Waals surface area contributed by atoms with Gasteiger partial charge < -0.3 is 9.64 Å². The number of hydrogen-bond acceptors (Lipinski definition) is 2. The van der Waals surface area contributed by atoms with E-state index in [9.17, 15) is 4.79 Å². The fourth-order valence-corrected chi connectivity index (χ4v) is 2.20. The van der Waals surface area contributed by atoms with E-state index in [1.807, 2.05) is 61.6 Å². The van der Waals surface area contributed by atoms with Gasteiger partial charge in [-0.25, -0.2) is 0 Å². The van der Waals surface area contributed by atoms with Crippen molar-refractivity contribution in [3.63, 3.8) is 0 Å². The number of nitrogens with zero attached hydrogens (tertiary/aromatic N) is 1. The second-order valence-corrected chi connectivity index (χ2v) is 5.38. The number of amides is 1. The van der Waals surface area contributed by atoms with E-state index < -0.39 is 0 Å². The maximum atomic E-state index is 12.5. The summed E-state index contributed by atoms with van der Waals surface area (Å²) in [6.07, 6.45) is 2.12. The SMILES string of the molecule is CCCCOc1cccc(C(=O)N(C)Cc2ccccc2)c1. The molecular weight excluding hydrogens is 274 g/mol. The van der Waals surface area contributed by atoms with Gasteiger partial charge in [-0.2, -0.15) is 0 Å². The molecule has 0 unspecified atom stereocenters. The van der Waals surface area contributed by atoms with Crippen molar-refractivity contribution in [1.29, 1.82) is 0 Å². The lowest BCUT2D eigenvalue weighted by Crippen LogP contribution is -2.26. The average Bonchev–Trinajstić information content (AvgIpc) is 2.55. The van der Waals surface area contributed by atoms with E-state index in [0.717, 1.165) is 24.2 Å². The van der Waals surface area contributed by atoms with Crippen LogP contribution in [0.5, 0.6) is 5.75 Å². The highest BCUT2D eigenvalue weighted by atomic mass is 16.5. The Morgan fingerprint density at radius 3 is 2.59 bits per heavy atom. The maximum Gasteiger partial charge on any atom is 0.254 e. The van der Waals surface area contributed by atoms with E-state index in [1.54, 1.807) is 4.90 Å². The number of carbonyl (C=O) groups is 1. The van der Waals surface area contributed by atoms with Crippen LogP contribution in [0.3, 0.4) is 0 Å². The van der Waals surface area contributed by atoms with Crippen molar-refractivity contribution >= 4 is 5.91 Å². The Morgan fingerprint density at radius 2 is 1.86 bits per heavy atom. The Labute approximate surface area is 132 Å². The summed E-state index contributed by atoms with van der Waals surface area (Å²) in [5, 5.41) is 0. The van der Waals surface area contributed by atoms with Gasteiger partial charge in [0.05, 0.1) is 6.61 Å². The molecular formula is C19H23NO2. The summed E-state index contributed by atoms with van der Waals surface area (Å²) < 4.78 is 5.66. The molecule has 0 bridgehead atoms. The minimum atomic E-state index is 0.00444. The second-order valence-electron chi connectivity index (χ2n) is 5.38. The monoisotopic (exact) mass is 297 g/mol. The van der Waals surface area contributed by atoms with Crippen LogP contribution in [0.4, 0.5) is 0 Å². The fraction of sp³-hybridized carbons (Fsp3) is 0.316. The molecule has 2 aromatic rings. The van der Waals surface area contributed by atoms with Gasteiger partial charge in [-0.15, -0.1) is 0 Å². The van der Waals surface area contributed by atoms with Gasteiger partial charge in [-0.1, -0.05) is 49.7 Å². The molecule has 2 rings (SSSR count). The number of rotatable bonds is 7. The standard InChI is InChI=1S/C19H23NO2/c1-3-4-13-22-18-12-8-11-17(14-18)19(21)20(2)15-16-9-6-5-7-10-16/h5-12,14H,3-4,13,15H2,1-2H3. The van der Waals surface area contributed by atoms with E-state index in [2.05, 4.69) is 6.92 Å². The summed E-state index contributed by atoms with van der Waals surface area (Å²) in [5.41, 5.74) is 1.78. The molecule has 0 aliphatic rings. The average molecular weight is 297 g/mol. The smallest absolute Gasteiger partial charge is 0.254 e. The van der Waals surface area contributed by atoms with Crippen LogP contribution in [-0.2, 0) is 6.54 Å². The molecule has 0 saturated heterocycles. The summed E-state index contributed by atoms with van der Waals surface area (Å²) in [6, 6.07) is 17.4. The summed E-state index contributed by atoms with van der Waals surface area (Å²) in [5.74, 6) is 0.761. The number of carbonyl (C=O) groups excluding carboxylic acids is 1. The number of hydrogen-bond donors (Lipinski definition) is 0. The first-order valence-electron chi connectivity index (χ1n) is 7.73. The Morgan fingerprint density at radius 1 is 1.09 bits per heavy atom. The molecule has 3 nitrogen and oxygen atoms in total.